The SMILES string of the molecule is NC(CCCC(F)(F)F)c1cccc(Cl)c1Cl. The van der Waals surface area contributed by atoms with Gasteiger partial charge in [0.15, 0.2) is 0 Å². The summed E-state index contributed by atoms with van der Waals surface area (Å²) in [6.45, 7) is 0. The summed E-state index contributed by atoms with van der Waals surface area (Å²) in [5.74, 6) is 0. The van der Waals surface area contributed by atoms with Crippen LogP contribution in [0, 0.1) is 0 Å². The molecular formula is C11H12Cl2F3N. The molecule has 0 aliphatic carbocycles. The fourth-order valence-electron chi connectivity index (χ4n) is 1.48. The molecule has 0 heterocycles. The molecule has 0 radical (unpaired) electrons. The van der Waals surface area contributed by atoms with Crippen molar-refractivity contribution in [1.29, 1.82) is 0 Å². The average Bonchev–Trinajstić information content (AvgIpc) is 2.20. The Hall–Kier alpha value is -0.450. The summed E-state index contributed by atoms with van der Waals surface area (Å²) in [5, 5.41) is 0.670. The number of alkyl halides is 3. The zero-order chi connectivity index (χ0) is 13.1. The van der Waals surface area contributed by atoms with E-state index >= 15 is 0 Å². The van der Waals surface area contributed by atoms with Crippen molar-refractivity contribution in [2.24, 2.45) is 5.73 Å². The molecule has 0 amide bonds. The van der Waals surface area contributed by atoms with Crippen LogP contribution >= 0.6 is 23.2 Å². The molecule has 1 rings (SSSR count). The topological polar surface area (TPSA) is 26.0 Å². The van der Waals surface area contributed by atoms with E-state index in [0.717, 1.165) is 0 Å². The molecule has 0 aliphatic heterocycles. The number of hydrogen-bond acceptors (Lipinski definition) is 1. The molecule has 1 unspecified atom stereocenters. The highest BCUT2D eigenvalue weighted by molar-refractivity contribution is 6.42. The second-order valence-corrected chi connectivity index (χ2v) is 4.54. The monoisotopic (exact) mass is 285 g/mol. The zero-order valence-corrected chi connectivity index (χ0v) is 10.4. The molecule has 1 aromatic carbocycles. The Morgan fingerprint density at radius 1 is 1.24 bits per heavy atom. The van der Waals surface area contributed by atoms with Crippen LogP contribution in [0.1, 0.15) is 30.9 Å². The van der Waals surface area contributed by atoms with Crippen LogP contribution in [0.4, 0.5) is 13.2 Å². The average molecular weight is 286 g/mol. The van der Waals surface area contributed by atoms with Gasteiger partial charge in [-0.1, -0.05) is 35.3 Å². The molecule has 0 spiro atoms. The first-order valence-electron chi connectivity index (χ1n) is 5.07. The van der Waals surface area contributed by atoms with Gasteiger partial charge >= 0.3 is 6.18 Å². The normalized spacial score (nSPS) is 13.8. The minimum atomic E-state index is -4.14. The Bertz CT molecular complexity index is 379. The Labute approximate surface area is 108 Å². The van der Waals surface area contributed by atoms with Crippen molar-refractivity contribution in [1.82, 2.24) is 0 Å². The van der Waals surface area contributed by atoms with Crippen LogP contribution in [0.25, 0.3) is 0 Å². The van der Waals surface area contributed by atoms with Crippen molar-refractivity contribution in [3.8, 4) is 0 Å². The van der Waals surface area contributed by atoms with E-state index in [9.17, 15) is 13.2 Å². The van der Waals surface area contributed by atoms with E-state index in [-0.39, 0.29) is 12.8 Å². The maximum Gasteiger partial charge on any atom is 0.389 e. The summed E-state index contributed by atoms with van der Waals surface area (Å²) in [6.07, 6.45) is -4.77. The fraction of sp³-hybridized carbons (Fsp3) is 0.455. The highest BCUT2D eigenvalue weighted by Gasteiger charge is 2.26. The van der Waals surface area contributed by atoms with E-state index in [0.29, 0.717) is 15.6 Å². The largest absolute Gasteiger partial charge is 0.389 e. The zero-order valence-electron chi connectivity index (χ0n) is 8.90. The van der Waals surface area contributed by atoms with Crippen LogP contribution in [0.3, 0.4) is 0 Å². The van der Waals surface area contributed by atoms with Gasteiger partial charge in [0.2, 0.25) is 0 Å². The summed E-state index contributed by atoms with van der Waals surface area (Å²) in [6, 6.07) is 4.43. The predicted octanol–water partition coefficient (Wildman–Crippen LogP) is 4.73. The smallest absolute Gasteiger partial charge is 0.324 e. The molecule has 0 saturated heterocycles. The van der Waals surface area contributed by atoms with Crippen LogP contribution in [0.15, 0.2) is 18.2 Å². The van der Waals surface area contributed by atoms with E-state index in [1.165, 1.54) is 0 Å². The van der Waals surface area contributed by atoms with E-state index in [1.807, 2.05) is 0 Å². The molecule has 1 aromatic rings. The quantitative estimate of drug-likeness (QED) is 0.851. The summed E-state index contributed by atoms with van der Waals surface area (Å²) < 4.78 is 35.9. The van der Waals surface area contributed by atoms with Crippen LogP contribution in [-0.4, -0.2) is 6.18 Å². The highest BCUT2D eigenvalue weighted by Crippen LogP contribution is 2.32. The van der Waals surface area contributed by atoms with Crippen LogP contribution < -0.4 is 5.73 Å². The second kappa shape index (κ2) is 5.94. The highest BCUT2D eigenvalue weighted by atomic mass is 35.5. The molecule has 17 heavy (non-hydrogen) atoms. The van der Waals surface area contributed by atoms with Gasteiger partial charge in [-0.25, -0.2) is 0 Å². The first kappa shape index (κ1) is 14.6. The van der Waals surface area contributed by atoms with Crippen molar-refractivity contribution >= 4 is 23.2 Å². The summed E-state index contributed by atoms with van der Waals surface area (Å²) in [7, 11) is 0. The third kappa shape index (κ3) is 4.74. The van der Waals surface area contributed by atoms with Gasteiger partial charge in [-0.2, -0.15) is 13.2 Å². The number of nitrogens with two attached hydrogens (primary N) is 1. The Balaban J connectivity index is 2.58. The fourth-order valence-corrected chi connectivity index (χ4v) is 1.93. The Kier molecular flexibility index (Phi) is 5.10. The van der Waals surface area contributed by atoms with Gasteiger partial charge in [-0.15, -0.1) is 0 Å². The van der Waals surface area contributed by atoms with Gasteiger partial charge in [0.1, 0.15) is 0 Å². The summed E-state index contributed by atoms with van der Waals surface area (Å²) in [4.78, 5) is 0. The van der Waals surface area contributed by atoms with Gasteiger partial charge in [0, 0.05) is 12.5 Å². The standard InChI is InChI=1S/C11H12Cl2F3N/c12-8-4-1-3-7(10(8)13)9(17)5-2-6-11(14,15)16/h1,3-4,9H,2,5-6,17H2. The van der Waals surface area contributed by atoms with Crippen molar-refractivity contribution < 1.29 is 13.2 Å². The molecule has 6 heteroatoms. The molecule has 96 valence electrons. The lowest BCUT2D eigenvalue weighted by molar-refractivity contribution is -0.135. The van der Waals surface area contributed by atoms with E-state index in [1.54, 1.807) is 18.2 Å². The van der Waals surface area contributed by atoms with Gasteiger partial charge in [-0.3, -0.25) is 0 Å². The predicted molar refractivity (Wildman–Crippen MR) is 63.3 cm³/mol. The van der Waals surface area contributed by atoms with Crippen LogP contribution in [0.2, 0.25) is 10.0 Å². The molecule has 0 bridgehead atoms. The van der Waals surface area contributed by atoms with E-state index < -0.39 is 18.6 Å². The van der Waals surface area contributed by atoms with Gasteiger partial charge < -0.3 is 5.73 Å². The van der Waals surface area contributed by atoms with Gasteiger partial charge in [0.05, 0.1) is 10.0 Å². The van der Waals surface area contributed by atoms with Gasteiger partial charge in [-0.05, 0) is 24.5 Å². The lowest BCUT2D eigenvalue weighted by Gasteiger charge is -2.15. The maximum absolute atomic E-state index is 12.0. The minimum Gasteiger partial charge on any atom is -0.324 e. The Morgan fingerprint density at radius 2 is 1.88 bits per heavy atom. The summed E-state index contributed by atoms with van der Waals surface area (Å²) >= 11 is 11.7. The number of halogens is 5. The number of benzene rings is 1. The van der Waals surface area contributed by atoms with Crippen molar-refractivity contribution in [3.63, 3.8) is 0 Å². The van der Waals surface area contributed by atoms with Crippen LogP contribution in [0.5, 0.6) is 0 Å². The lowest BCUT2D eigenvalue weighted by Crippen LogP contribution is -2.13. The molecule has 0 saturated carbocycles. The van der Waals surface area contributed by atoms with Crippen molar-refractivity contribution in [2.45, 2.75) is 31.5 Å². The van der Waals surface area contributed by atoms with Crippen molar-refractivity contribution in [3.05, 3.63) is 33.8 Å². The summed E-state index contributed by atoms with van der Waals surface area (Å²) in [5.41, 5.74) is 6.37. The van der Waals surface area contributed by atoms with E-state index in [4.69, 9.17) is 28.9 Å². The first-order valence-corrected chi connectivity index (χ1v) is 5.83. The first-order chi connectivity index (χ1) is 7.81. The Morgan fingerprint density at radius 3 is 2.47 bits per heavy atom. The van der Waals surface area contributed by atoms with E-state index in [2.05, 4.69) is 0 Å². The lowest BCUT2D eigenvalue weighted by atomic mass is 10.0. The molecule has 0 aromatic heterocycles. The number of rotatable bonds is 4. The molecule has 2 N–H and O–H groups in total. The molecule has 0 aliphatic rings. The molecular weight excluding hydrogens is 274 g/mol. The molecule has 1 nitrogen and oxygen atoms in total. The maximum atomic E-state index is 12.0. The second-order valence-electron chi connectivity index (χ2n) is 3.76. The molecule has 0 fully saturated rings. The molecule has 1 atom stereocenters. The third-order valence-electron chi connectivity index (χ3n) is 2.36. The minimum absolute atomic E-state index is 0.0203. The third-order valence-corrected chi connectivity index (χ3v) is 3.19. The van der Waals surface area contributed by atoms with Gasteiger partial charge in [0.25, 0.3) is 0 Å². The van der Waals surface area contributed by atoms with Crippen LogP contribution in [-0.2, 0) is 0 Å². The number of hydrogen-bond donors (Lipinski definition) is 1. The van der Waals surface area contributed by atoms with Crippen molar-refractivity contribution in [2.75, 3.05) is 0 Å².